The van der Waals surface area contributed by atoms with Gasteiger partial charge in [0.15, 0.2) is 11.5 Å². The number of ether oxygens (including phenoxy) is 2. The van der Waals surface area contributed by atoms with Crippen LogP contribution in [0.4, 0.5) is 5.69 Å². The second kappa shape index (κ2) is 7.25. The van der Waals surface area contributed by atoms with Crippen LogP contribution in [0.1, 0.15) is 19.8 Å². The predicted octanol–water partition coefficient (Wildman–Crippen LogP) is 1.68. The molecule has 0 radical (unpaired) electrons. The molecule has 1 aromatic carbocycles. The van der Waals surface area contributed by atoms with Crippen molar-refractivity contribution in [3.63, 3.8) is 0 Å². The van der Waals surface area contributed by atoms with Crippen molar-refractivity contribution < 1.29 is 24.2 Å². The molecule has 2 N–H and O–H groups in total. The van der Waals surface area contributed by atoms with Gasteiger partial charge in [0.2, 0.25) is 5.91 Å². The van der Waals surface area contributed by atoms with Crippen molar-refractivity contribution >= 4 is 17.6 Å². The summed E-state index contributed by atoms with van der Waals surface area (Å²) < 4.78 is 9.60. The first-order valence-electron chi connectivity index (χ1n) is 5.89. The van der Waals surface area contributed by atoms with E-state index in [2.05, 4.69) is 5.32 Å². The summed E-state index contributed by atoms with van der Waals surface area (Å²) in [4.78, 5) is 22.6. The number of benzene rings is 1. The van der Waals surface area contributed by atoms with Gasteiger partial charge in [-0.15, -0.1) is 0 Å². The van der Waals surface area contributed by atoms with Gasteiger partial charge in [-0.05, 0) is 19.1 Å². The van der Waals surface area contributed by atoms with E-state index in [9.17, 15) is 14.7 Å². The second-order valence-corrected chi connectivity index (χ2v) is 3.74. The maximum Gasteiger partial charge on any atom is 0.306 e. The van der Waals surface area contributed by atoms with E-state index in [4.69, 9.17) is 9.47 Å². The lowest BCUT2D eigenvalue weighted by Crippen LogP contribution is -2.14. The predicted molar refractivity (Wildman–Crippen MR) is 69.2 cm³/mol. The van der Waals surface area contributed by atoms with Gasteiger partial charge in [-0.2, -0.15) is 0 Å². The number of esters is 1. The number of carbonyl (C=O) groups is 2. The quantitative estimate of drug-likeness (QED) is 0.766. The number of carbonyl (C=O) groups excluding carboxylic acids is 2. The molecule has 0 saturated carbocycles. The number of rotatable bonds is 6. The lowest BCUT2D eigenvalue weighted by molar-refractivity contribution is -0.144. The Bertz CT molecular complexity index is 458. The highest BCUT2D eigenvalue weighted by Crippen LogP contribution is 2.28. The molecule has 0 fully saturated rings. The summed E-state index contributed by atoms with van der Waals surface area (Å²) in [5.74, 6) is -0.469. The molecular weight excluding hydrogens is 250 g/mol. The molecular formula is C13H17NO5. The fraction of sp³-hybridized carbons (Fsp3) is 0.385. The topological polar surface area (TPSA) is 84.9 Å². The van der Waals surface area contributed by atoms with Crippen LogP contribution in [-0.2, 0) is 14.3 Å². The Labute approximate surface area is 111 Å². The van der Waals surface area contributed by atoms with Gasteiger partial charge in [0.1, 0.15) is 0 Å². The van der Waals surface area contributed by atoms with Gasteiger partial charge in [0.25, 0.3) is 0 Å². The zero-order chi connectivity index (χ0) is 14.3. The van der Waals surface area contributed by atoms with Gasteiger partial charge < -0.3 is 19.9 Å². The molecule has 0 aromatic heterocycles. The van der Waals surface area contributed by atoms with Crippen LogP contribution in [-0.4, -0.2) is 30.7 Å². The van der Waals surface area contributed by atoms with Crippen molar-refractivity contribution in [2.24, 2.45) is 0 Å². The molecule has 0 spiro atoms. The first-order chi connectivity index (χ1) is 9.06. The van der Waals surface area contributed by atoms with Gasteiger partial charge >= 0.3 is 5.97 Å². The number of aromatic hydroxyl groups is 1. The van der Waals surface area contributed by atoms with Crippen molar-refractivity contribution in [3.05, 3.63) is 18.2 Å². The Kier molecular flexibility index (Phi) is 5.66. The smallest absolute Gasteiger partial charge is 0.306 e. The van der Waals surface area contributed by atoms with Crippen LogP contribution < -0.4 is 10.1 Å². The molecule has 0 aliphatic rings. The van der Waals surface area contributed by atoms with E-state index in [0.717, 1.165) is 0 Å². The molecule has 1 rings (SSSR count). The SMILES string of the molecule is CCOC(=O)CCC(=O)Nc1ccc(OC)c(O)c1. The number of anilines is 1. The fourth-order valence-corrected chi connectivity index (χ4v) is 1.44. The number of nitrogens with one attached hydrogen (secondary N) is 1. The third-order valence-electron chi connectivity index (χ3n) is 2.32. The zero-order valence-corrected chi connectivity index (χ0v) is 10.9. The molecule has 0 heterocycles. The molecule has 0 unspecified atom stereocenters. The van der Waals surface area contributed by atoms with E-state index in [0.29, 0.717) is 18.0 Å². The van der Waals surface area contributed by atoms with E-state index in [-0.39, 0.29) is 24.5 Å². The maximum atomic E-state index is 11.6. The van der Waals surface area contributed by atoms with E-state index in [1.165, 1.54) is 19.2 Å². The lowest BCUT2D eigenvalue weighted by Gasteiger charge is -2.08. The van der Waals surface area contributed by atoms with Crippen LogP contribution in [0.5, 0.6) is 11.5 Å². The summed E-state index contributed by atoms with van der Waals surface area (Å²) in [6.45, 7) is 2.00. The molecule has 0 aliphatic heterocycles. The molecule has 0 aliphatic carbocycles. The summed E-state index contributed by atoms with van der Waals surface area (Å²) in [6, 6.07) is 4.51. The average Bonchev–Trinajstić information content (AvgIpc) is 2.37. The standard InChI is InChI=1S/C13H17NO5/c1-3-19-13(17)7-6-12(16)14-9-4-5-11(18-2)10(15)8-9/h4-5,8,15H,3,6-7H2,1-2H3,(H,14,16). The van der Waals surface area contributed by atoms with Gasteiger partial charge in [-0.25, -0.2) is 0 Å². The highest BCUT2D eigenvalue weighted by atomic mass is 16.5. The maximum absolute atomic E-state index is 11.6. The Morgan fingerprint density at radius 1 is 1.32 bits per heavy atom. The van der Waals surface area contributed by atoms with E-state index in [1.54, 1.807) is 13.0 Å². The summed E-state index contributed by atoms with van der Waals surface area (Å²) in [7, 11) is 1.44. The molecule has 104 valence electrons. The van der Waals surface area contributed by atoms with Crippen LogP contribution in [0.2, 0.25) is 0 Å². The monoisotopic (exact) mass is 267 g/mol. The van der Waals surface area contributed by atoms with Gasteiger partial charge in [0, 0.05) is 18.2 Å². The minimum absolute atomic E-state index is 0.0296. The first kappa shape index (κ1) is 14.8. The molecule has 0 saturated heterocycles. The summed E-state index contributed by atoms with van der Waals surface area (Å²) in [5.41, 5.74) is 0.437. The minimum atomic E-state index is -0.407. The fourth-order valence-electron chi connectivity index (χ4n) is 1.44. The minimum Gasteiger partial charge on any atom is -0.504 e. The van der Waals surface area contributed by atoms with Gasteiger partial charge in [-0.3, -0.25) is 9.59 Å². The molecule has 6 nitrogen and oxygen atoms in total. The Morgan fingerprint density at radius 2 is 2.05 bits per heavy atom. The zero-order valence-electron chi connectivity index (χ0n) is 10.9. The number of methoxy groups -OCH3 is 1. The number of hydrogen-bond donors (Lipinski definition) is 2. The van der Waals surface area contributed by atoms with Crippen LogP contribution >= 0.6 is 0 Å². The Hall–Kier alpha value is -2.24. The Balaban J connectivity index is 2.48. The summed E-state index contributed by atoms with van der Waals surface area (Å²) >= 11 is 0. The molecule has 19 heavy (non-hydrogen) atoms. The first-order valence-corrected chi connectivity index (χ1v) is 5.89. The van der Waals surface area contributed by atoms with Crippen LogP contribution in [0.15, 0.2) is 18.2 Å². The Morgan fingerprint density at radius 3 is 2.63 bits per heavy atom. The average molecular weight is 267 g/mol. The lowest BCUT2D eigenvalue weighted by atomic mass is 10.2. The number of amides is 1. The molecule has 1 amide bonds. The largest absolute Gasteiger partial charge is 0.504 e. The summed E-state index contributed by atoms with van der Waals surface area (Å²) in [6.07, 6.45) is 0.0629. The van der Waals surface area contributed by atoms with Crippen molar-refractivity contribution in [1.29, 1.82) is 0 Å². The normalized spacial score (nSPS) is 9.79. The van der Waals surface area contributed by atoms with Crippen molar-refractivity contribution in [1.82, 2.24) is 0 Å². The van der Waals surface area contributed by atoms with Crippen molar-refractivity contribution in [2.45, 2.75) is 19.8 Å². The molecule has 6 heteroatoms. The van der Waals surface area contributed by atoms with E-state index in [1.807, 2.05) is 0 Å². The molecule has 0 bridgehead atoms. The van der Waals surface area contributed by atoms with Crippen LogP contribution in [0.3, 0.4) is 0 Å². The third kappa shape index (κ3) is 4.87. The highest BCUT2D eigenvalue weighted by Gasteiger charge is 2.09. The van der Waals surface area contributed by atoms with Crippen LogP contribution in [0, 0.1) is 0 Å². The van der Waals surface area contributed by atoms with Crippen molar-refractivity contribution in [3.8, 4) is 11.5 Å². The highest BCUT2D eigenvalue weighted by molar-refractivity contribution is 5.92. The number of phenols is 1. The van der Waals surface area contributed by atoms with Crippen LogP contribution in [0.25, 0.3) is 0 Å². The third-order valence-corrected chi connectivity index (χ3v) is 2.32. The molecule has 0 atom stereocenters. The number of phenolic OH excluding ortho intramolecular Hbond substituents is 1. The van der Waals surface area contributed by atoms with E-state index >= 15 is 0 Å². The summed E-state index contributed by atoms with van der Waals surface area (Å²) in [5, 5.41) is 12.1. The van der Waals surface area contributed by atoms with Gasteiger partial charge in [-0.1, -0.05) is 0 Å². The van der Waals surface area contributed by atoms with Gasteiger partial charge in [0.05, 0.1) is 20.1 Å². The van der Waals surface area contributed by atoms with Crippen molar-refractivity contribution in [2.75, 3.05) is 19.0 Å². The molecule has 1 aromatic rings. The number of hydrogen-bond acceptors (Lipinski definition) is 5. The van der Waals surface area contributed by atoms with E-state index < -0.39 is 5.97 Å². The second-order valence-electron chi connectivity index (χ2n) is 3.74.